The topological polar surface area (TPSA) is 93.5 Å². The van der Waals surface area contributed by atoms with Gasteiger partial charge in [0.2, 0.25) is 5.91 Å². The summed E-state index contributed by atoms with van der Waals surface area (Å²) in [4.78, 5) is 22.2. The second kappa shape index (κ2) is 6.23. The minimum atomic E-state index is -0.689. The summed E-state index contributed by atoms with van der Waals surface area (Å²) in [7, 11) is 3.04. The van der Waals surface area contributed by atoms with Crippen LogP contribution in [0.2, 0.25) is 0 Å². The number of hydrogen-bond donors (Lipinski definition) is 2. The number of ether oxygens (including phenoxy) is 1. The molecule has 20 heavy (non-hydrogen) atoms. The van der Waals surface area contributed by atoms with Crippen molar-refractivity contribution in [2.75, 3.05) is 26.0 Å². The molecule has 2 N–H and O–H groups in total. The Morgan fingerprint density at radius 1 is 1.45 bits per heavy atom. The van der Waals surface area contributed by atoms with Crippen molar-refractivity contribution in [1.82, 2.24) is 5.32 Å². The largest absolute Gasteiger partial charge is 0.497 e. The van der Waals surface area contributed by atoms with Gasteiger partial charge < -0.3 is 15.4 Å². The van der Waals surface area contributed by atoms with Gasteiger partial charge in [0.1, 0.15) is 11.4 Å². The average Bonchev–Trinajstić information content (AvgIpc) is 2.43. The predicted molar refractivity (Wildman–Crippen MR) is 76.0 cm³/mol. The lowest BCUT2D eigenvalue weighted by molar-refractivity contribution is -0.384. The Hall–Kier alpha value is -2.31. The number of nitrogens with one attached hydrogen (secondary N) is 2. The van der Waals surface area contributed by atoms with E-state index in [1.807, 2.05) is 0 Å². The maximum Gasteiger partial charge on any atom is 0.292 e. The van der Waals surface area contributed by atoms with Crippen LogP contribution in [0.15, 0.2) is 18.2 Å². The van der Waals surface area contributed by atoms with Gasteiger partial charge in [0, 0.05) is 25.7 Å². The molecular formula is C13H19N3O4. The monoisotopic (exact) mass is 281 g/mol. The quantitative estimate of drug-likeness (QED) is 0.612. The minimum absolute atomic E-state index is 0.0569. The average molecular weight is 281 g/mol. The van der Waals surface area contributed by atoms with E-state index in [1.165, 1.54) is 25.3 Å². The molecule has 0 saturated heterocycles. The fraction of sp³-hybridized carbons (Fsp3) is 0.462. The number of methoxy groups -OCH3 is 1. The van der Waals surface area contributed by atoms with Crippen molar-refractivity contribution in [2.45, 2.75) is 13.8 Å². The molecule has 0 fully saturated rings. The molecule has 110 valence electrons. The van der Waals surface area contributed by atoms with Crippen LogP contribution in [0.1, 0.15) is 13.8 Å². The lowest BCUT2D eigenvalue weighted by Gasteiger charge is -2.23. The zero-order valence-corrected chi connectivity index (χ0v) is 12.0. The van der Waals surface area contributed by atoms with E-state index in [2.05, 4.69) is 10.6 Å². The molecule has 0 spiro atoms. The van der Waals surface area contributed by atoms with Gasteiger partial charge in [-0.15, -0.1) is 0 Å². The third-order valence-electron chi connectivity index (χ3n) is 2.96. The van der Waals surface area contributed by atoms with Gasteiger partial charge in [-0.25, -0.2) is 0 Å². The van der Waals surface area contributed by atoms with Crippen LogP contribution in [-0.4, -0.2) is 31.5 Å². The highest BCUT2D eigenvalue weighted by molar-refractivity contribution is 5.82. The number of amides is 1. The van der Waals surface area contributed by atoms with Crippen molar-refractivity contribution in [1.29, 1.82) is 0 Å². The van der Waals surface area contributed by atoms with Crippen LogP contribution in [0, 0.1) is 15.5 Å². The summed E-state index contributed by atoms with van der Waals surface area (Å²) in [5.41, 5.74) is -0.420. The Morgan fingerprint density at radius 2 is 2.10 bits per heavy atom. The van der Waals surface area contributed by atoms with E-state index in [-0.39, 0.29) is 18.1 Å². The second-order valence-corrected chi connectivity index (χ2v) is 4.96. The molecular weight excluding hydrogens is 262 g/mol. The number of nitro benzene ring substituents is 1. The Balaban J connectivity index is 2.96. The maximum absolute atomic E-state index is 11.7. The zero-order chi connectivity index (χ0) is 15.3. The molecule has 0 unspecified atom stereocenters. The molecule has 0 heterocycles. The molecule has 0 saturated carbocycles. The minimum Gasteiger partial charge on any atom is -0.497 e. The van der Waals surface area contributed by atoms with E-state index >= 15 is 0 Å². The zero-order valence-electron chi connectivity index (χ0n) is 12.0. The van der Waals surface area contributed by atoms with Crippen molar-refractivity contribution in [2.24, 2.45) is 5.41 Å². The van der Waals surface area contributed by atoms with Gasteiger partial charge in [-0.05, 0) is 19.9 Å². The molecule has 0 atom stereocenters. The normalized spacial score (nSPS) is 10.8. The molecule has 7 heteroatoms. The first kappa shape index (κ1) is 15.7. The van der Waals surface area contributed by atoms with Crippen LogP contribution in [-0.2, 0) is 4.79 Å². The number of nitrogens with zero attached hydrogens (tertiary/aromatic N) is 1. The van der Waals surface area contributed by atoms with Gasteiger partial charge in [-0.2, -0.15) is 0 Å². The molecule has 0 aliphatic heterocycles. The standard InChI is InChI=1S/C13H19N3O4/c1-13(2,12(17)14-3)8-15-10-7-9(20-4)5-6-11(10)16(18)19/h5-7,15H,8H2,1-4H3,(H,14,17). The van der Waals surface area contributed by atoms with Gasteiger partial charge in [0.15, 0.2) is 0 Å². The van der Waals surface area contributed by atoms with Crippen LogP contribution in [0.3, 0.4) is 0 Å². The van der Waals surface area contributed by atoms with E-state index in [4.69, 9.17) is 4.74 Å². The predicted octanol–water partition coefficient (Wildman–Crippen LogP) is 1.79. The highest BCUT2D eigenvalue weighted by Crippen LogP contribution is 2.30. The third kappa shape index (κ3) is 3.59. The molecule has 0 aromatic heterocycles. The molecule has 0 aliphatic carbocycles. The Kier molecular flexibility index (Phi) is 4.90. The van der Waals surface area contributed by atoms with Crippen LogP contribution < -0.4 is 15.4 Å². The van der Waals surface area contributed by atoms with E-state index in [0.717, 1.165) is 0 Å². The van der Waals surface area contributed by atoms with E-state index in [0.29, 0.717) is 11.4 Å². The first-order chi connectivity index (χ1) is 9.31. The van der Waals surface area contributed by atoms with Gasteiger partial charge in [-0.1, -0.05) is 0 Å². The van der Waals surface area contributed by atoms with E-state index in [1.54, 1.807) is 20.9 Å². The molecule has 1 aromatic rings. The molecule has 1 amide bonds. The van der Waals surface area contributed by atoms with Gasteiger partial charge >= 0.3 is 0 Å². The first-order valence-corrected chi connectivity index (χ1v) is 6.10. The Morgan fingerprint density at radius 3 is 2.60 bits per heavy atom. The summed E-state index contributed by atoms with van der Waals surface area (Å²) >= 11 is 0. The van der Waals surface area contributed by atoms with Crippen LogP contribution in [0.5, 0.6) is 5.75 Å². The molecule has 0 aliphatic rings. The first-order valence-electron chi connectivity index (χ1n) is 6.10. The van der Waals surface area contributed by atoms with E-state index in [9.17, 15) is 14.9 Å². The van der Waals surface area contributed by atoms with Crippen LogP contribution >= 0.6 is 0 Å². The van der Waals surface area contributed by atoms with Crippen molar-refractivity contribution >= 4 is 17.3 Å². The number of carbonyl (C=O) groups is 1. The smallest absolute Gasteiger partial charge is 0.292 e. The molecule has 7 nitrogen and oxygen atoms in total. The van der Waals surface area contributed by atoms with Crippen molar-refractivity contribution in [3.05, 3.63) is 28.3 Å². The summed E-state index contributed by atoms with van der Waals surface area (Å²) in [5.74, 6) is 0.367. The maximum atomic E-state index is 11.7. The van der Waals surface area contributed by atoms with Crippen molar-refractivity contribution in [3.63, 3.8) is 0 Å². The number of rotatable bonds is 6. The number of carbonyl (C=O) groups excluding carboxylic acids is 1. The van der Waals surface area contributed by atoms with Crippen molar-refractivity contribution in [3.8, 4) is 5.75 Å². The second-order valence-electron chi connectivity index (χ2n) is 4.96. The van der Waals surface area contributed by atoms with Gasteiger partial charge in [-0.3, -0.25) is 14.9 Å². The van der Waals surface area contributed by atoms with Crippen LogP contribution in [0.25, 0.3) is 0 Å². The van der Waals surface area contributed by atoms with Crippen LogP contribution in [0.4, 0.5) is 11.4 Å². The number of benzene rings is 1. The number of nitro groups is 1. The number of hydrogen-bond acceptors (Lipinski definition) is 5. The number of anilines is 1. The SMILES string of the molecule is CNC(=O)C(C)(C)CNc1cc(OC)ccc1[N+](=O)[O-]. The lowest BCUT2D eigenvalue weighted by atomic mass is 9.92. The lowest BCUT2D eigenvalue weighted by Crippen LogP contribution is -2.39. The fourth-order valence-corrected chi connectivity index (χ4v) is 1.68. The summed E-state index contributed by atoms with van der Waals surface area (Å²) in [5, 5.41) is 16.5. The van der Waals surface area contributed by atoms with E-state index < -0.39 is 10.3 Å². The highest BCUT2D eigenvalue weighted by Gasteiger charge is 2.27. The van der Waals surface area contributed by atoms with Crippen molar-refractivity contribution < 1.29 is 14.5 Å². The van der Waals surface area contributed by atoms with Gasteiger partial charge in [0.05, 0.1) is 17.4 Å². The highest BCUT2D eigenvalue weighted by atomic mass is 16.6. The Bertz CT molecular complexity index is 514. The molecule has 1 rings (SSSR count). The summed E-state index contributed by atoms with van der Waals surface area (Å²) in [6.45, 7) is 3.77. The summed E-state index contributed by atoms with van der Waals surface area (Å²) in [6.07, 6.45) is 0. The third-order valence-corrected chi connectivity index (χ3v) is 2.96. The summed E-state index contributed by atoms with van der Waals surface area (Å²) < 4.78 is 5.05. The molecule has 0 radical (unpaired) electrons. The molecule has 0 bridgehead atoms. The summed E-state index contributed by atoms with van der Waals surface area (Å²) in [6, 6.07) is 4.43. The Labute approximate surface area is 117 Å². The fourth-order valence-electron chi connectivity index (χ4n) is 1.68. The molecule has 1 aromatic carbocycles. The van der Waals surface area contributed by atoms with Gasteiger partial charge in [0.25, 0.3) is 5.69 Å².